The molecule has 3 aromatic carbocycles. The van der Waals surface area contributed by atoms with Gasteiger partial charge in [0.2, 0.25) is 29.4 Å². The Bertz CT molecular complexity index is 2870. The number of cyclic esters (lactones) is 2. The zero-order valence-electron chi connectivity index (χ0n) is 50.7. The molecule has 3 heterocycles. The molecule has 0 spiro atoms. The first kappa shape index (κ1) is 65.5. The molecule has 6 atom stereocenters. The highest BCUT2D eigenvalue weighted by atomic mass is 16.5. The van der Waals surface area contributed by atoms with Gasteiger partial charge in [0.25, 0.3) is 5.91 Å². The maximum atomic E-state index is 15.1. The number of carbonyl (C=O) groups is 9. The van der Waals surface area contributed by atoms with Gasteiger partial charge in [0.1, 0.15) is 49.2 Å². The average molecular weight is 1160 g/mol. The lowest BCUT2D eigenvalue weighted by Crippen LogP contribution is -2.59. The largest absolute Gasteiger partial charge is 0.493 e. The van der Waals surface area contributed by atoms with Crippen molar-refractivity contribution in [2.24, 2.45) is 11.3 Å². The molecule has 3 aliphatic rings. The molecule has 0 aliphatic carbocycles. The number of nitrogens with zero attached hydrogens (tertiary/aromatic N) is 5. The summed E-state index contributed by atoms with van der Waals surface area (Å²) in [5.41, 5.74) is -0.105. The van der Waals surface area contributed by atoms with Crippen molar-refractivity contribution < 1.29 is 71.6 Å². The Kier molecular flexibility index (Phi) is 23.2. The zero-order chi connectivity index (χ0) is 61.5. The van der Waals surface area contributed by atoms with E-state index in [1.165, 1.54) is 78.8 Å². The molecule has 2 fully saturated rings. The second-order valence-corrected chi connectivity index (χ2v) is 23.7. The summed E-state index contributed by atoms with van der Waals surface area (Å²) >= 11 is 0. The number of ether oxygens (including phenoxy) is 6. The molecule has 20 nitrogen and oxygen atoms in total. The molecule has 6 rings (SSSR count). The normalized spacial score (nSPS) is 23.8. The number of amides is 5. The van der Waals surface area contributed by atoms with E-state index in [1.807, 2.05) is 63.2 Å². The summed E-state index contributed by atoms with van der Waals surface area (Å²) in [6.45, 7) is 9.47. The van der Waals surface area contributed by atoms with Crippen LogP contribution in [0.2, 0.25) is 0 Å². The van der Waals surface area contributed by atoms with Crippen LogP contribution in [0.3, 0.4) is 0 Å². The van der Waals surface area contributed by atoms with Crippen LogP contribution < -0.4 is 14.2 Å². The molecule has 0 aromatic heterocycles. The third-order valence-corrected chi connectivity index (χ3v) is 15.6. The fourth-order valence-corrected chi connectivity index (χ4v) is 10.6. The summed E-state index contributed by atoms with van der Waals surface area (Å²) in [4.78, 5) is 135. The van der Waals surface area contributed by atoms with Crippen molar-refractivity contribution in [2.45, 2.75) is 142 Å². The fraction of sp³-hybridized carbons (Fsp3) is 0.547. The maximum absolute atomic E-state index is 15.1. The molecule has 0 saturated carbocycles. The lowest BCUT2D eigenvalue weighted by atomic mass is 9.87. The van der Waals surface area contributed by atoms with E-state index in [0.717, 1.165) is 11.1 Å². The topological polar surface area (TPSA) is 225 Å². The van der Waals surface area contributed by atoms with Crippen molar-refractivity contribution in [1.82, 2.24) is 24.5 Å². The van der Waals surface area contributed by atoms with E-state index >= 15 is 4.79 Å². The fourth-order valence-electron chi connectivity index (χ4n) is 10.6. The molecule has 0 N–H and O–H groups in total. The van der Waals surface area contributed by atoms with Crippen LogP contribution in [0.4, 0.5) is 0 Å². The number of hydrogen-bond donors (Lipinski definition) is 0. The number of rotatable bonds is 9. The van der Waals surface area contributed by atoms with Crippen molar-refractivity contribution >= 4 is 53.0 Å². The Morgan fingerprint density at radius 3 is 2.07 bits per heavy atom. The van der Waals surface area contributed by atoms with Gasteiger partial charge in [-0.25, -0.2) is 9.59 Å². The van der Waals surface area contributed by atoms with Crippen LogP contribution in [0.15, 0.2) is 84.9 Å². The summed E-state index contributed by atoms with van der Waals surface area (Å²) < 4.78 is 35.1. The van der Waals surface area contributed by atoms with Crippen LogP contribution in [0.5, 0.6) is 17.2 Å². The van der Waals surface area contributed by atoms with Gasteiger partial charge in [0.15, 0.2) is 17.3 Å². The van der Waals surface area contributed by atoms with E-state index in [-0.39, 0.29) is 70.0 Å². The van der Waals surface area contributed by atoms with Crippen molar-refractivity contribution in [2.75, 3.05) is 74.8 Å². The second-order valence-electron chi connectivity index (χ2n) is 23.7. The molecule has 20 heteroatoms. The first-order valence-electron chi connectivity index (χ1n) is 28.9. The smallest absolute Gasteiger partial charge is 0.330 e. The minimum Gasteiger partial charge on any atom is -0.493 e. The Hall–Kier alpha value is -7.61. The molecule has 2 bridgehead atoms. The monoisotopic (exact) mass is 1160 g/mol. The number of aryl methyl sites for hydroxylation is 1. The number of fused-ring (bicyclic) bond motifs is 4. The van der Waals surface area contributed by atoms with Crippen molar-refractivity contribution in [1.29, 1.82) is 0 Å². The number of carbonyl (C=O) groups excluding carboxylic acids is 9. The first-order chi connectivity index (χ1) is 39.8. The summed E-state index contributed by atoms with van der Waals surface area (Å²) in [7, 11) is 7.65. The maximum Gasteiger partial charge on any atom is 0.330 e. The molecular weight excluding hydrogens is 1080 g/mol. The number of esters is 2. The lowest BCUT2D eigenvalue weighted by Gasteiger charge is -2.38. The van der Waals surface area contributed by atoms with Crippen LogP contribution in [-0.4, -0.2) is 182 Å². The minimum atomic E-state index is -1.49. The Labute approximate surface area is 494 Å². The highest BCUT2D eigenvalue weighted by molar-refractivity contribution is 6.38. The Morgan fingerprint density at radius 1 is 0.679 bits per heavy atom. The predicted molar refractivity (Wildman–Crippen MR) is 312 cm³/mol. The van der Waals surface area contributed by atoms with Gasteiger partial charge in [0.05, 0.1) is 31.8 Å². The van der Waals surface area contributed by atoms with Crippen LogP contribution in [0, 0.1) is 11.3 Å². The quantitative estimate of drug-likeness (QED) is 0.164. The molecular formula is C64H85N5O15. The molecule has 5 amide bonds. The van der Waals surface area contributed by atoms with Gasteiger partial charge in [-0.3, -0.25) is 33.6 Å². The summed E-state index contributed by atoms with van der Waals surface area (Å²) in [6, 6.07) is 17.0. The molecule has 2 saturated heterocycles. The van der Waals surface area contributed by atoms with Gasteiger partial charge in [-0.1, -0.05) is 61.5 Å². The summed E-state index contributed by atoms with van der Waals surface area (Å²) in [5.74, 6) is -5.17. The Morgan fingerprint density at radius 2 is 1.37 bits per heavy atom. The van der Waals surface area contributed by atoms with E-state index in [4.69, 9.17) is 28.4 Å². The number of piperidine rings is 1. The molecule has 84 heavy (non-hydrogen) atoms. The number of hydrogen-bond acceptors (Lipinski definition) is 15. The third-order valence-electron chi connectivity index (χ3n) is 15.6. The third kappa shape index (κ3) is 17.5. The summed E-state index contributed by atoms with van der Waals surface area (Å²) in [5, 5.41) is 0. The standard InChI is InChI=1S/C64H85N5O15/c1-42-35-46(70)39-81-47-24-19-23-45(38-47)52(30-28-44-29-31-53(79-10)54(37-44)80-11)84-62(78)49-25-15-18-33-69(49)61(77)56(72)64(5,6)41-82-55(71)27-16-17-32-65(7)58(74)48-26-20-34-68(48)60(76)51(40-83-63(2,3)4)67(9)59(75)50(66(8)57(42)73)36-43-21-13-12-14-22-43/h12-14,16,19,21-24,27,29,31,37-38,42,48-52H,15,17-18,20,25-26,28,30,32-36,39-41H2,1-11H3/t42-,48+,49+,50+,51+,52-/m1/s1. The van der Waals surface area contributed by atoms with Gasteiger partial charge < -0.3 is 52.9 Å². The van der Waals surface area contributed by atoms with Crippen molar-refractivity contribution in [3.63, 3.8) is 0 Å². The van der Waals surface area contributed by atoms with Crippen molar-refractivity contribution in [3.8, 4) is 17.2 Å². The van der Waals surface area contributed by atoms with Gasteiger partial charge in [0, 0.05) is 65.6 Å². The van der Waals surface area contributed by atoms with E-state index in [0.29, 0.717) is 49.2 Å². The van der Waals surface area contributed by atoms with Crippen LogP contribution in [0.25, 0.3) is 0 Å². The van der Waals surface area contributed by atoms with Gasteiger partial charge >= 0.3 is 11.9 Å². The lowest BCUT2D eigenvalue weighted by molar-refractivity contribution is -0.165. The number of Topliss-reactive ketones (excluding diaryl/α,β-unsaturated/α-hetero) is 2. The zero-order valence-corrected chi connectivity index (χ0v) is 50.7. The van der Waals surface area contributed by atoms with E-state index < -0.39 is 108 Å². The number of methoxy groups -OCH3 is 2. The molecule has 3 aliphatic heterocycles. The number of likely N-dealkylation sites (N-methyl/N-ethyl adjacent to an activating group) is 3. The molecule has 0 unspecified atom stereocenters. The highest BCUT2D eigenvalue weighted by Crippen LogP contribution is 2.33. The van der Waals surface area contributed by atoms with Gasteiger partial charge in [-0.05, 0) is 127 Å². The van der Waals surface area contributed by atoms with E-state index in [1.54, 1.807) is 44.3 Å². The Balaban J connectivity index is 1.32. The minimum absolute atomic E-state index is 0.0779. The van der Waals surface area contributed by atoms with Crippen LogP contribution in [-0.2, 0) is 70.2 Å². The second kappa shape index (κ2) is 29.8. The van der Waals surface area contributed by atoms with Gasteiger partial charge in [-0.15, -0.1) is 0 Å². The van der Waals surface area contributed by atoms with E-state index in [9.17, 15) is 38.4 Å². The van der Waals surface area contributed by atoms with E-state index in [2.05, 4.69) is 0 Å². The highest BCUT2D eigenvalue weighted by Gasteiger charge is 2.45. The molecule has 3 aromatic rings. The summed E-state index contributed by atoms with van der Waals surface area (Å²) in [6.07, 6.45) is 4.73. The van der Waals surface area contributed by atoms with Crippen LogP contribution >= 0.6 is 0 Å². The van der Waals surface area contributed by atoms with Crippen molar-refractivity contribution in [3.05, 3.63) is 102 Å². The molecule has 456 valence electrons. The first-order valence-corrected chi connectivity index (χ1v) is 28.9. The predicted octanol–water partition coefficient (Wildman–Crippen LogP) is 6.54. The van der Waals surface area contributed by atoms with Crippen LogP contribution in [0.1, 0.15) is 116 Å². The number of ketones is 2. The SMILES string of the molecule is COc1ccc(CC[C@H]2OC(=O)[C@@H]3CCCCN3C(=O)C(=O)C(C)(C)COC(=O)C=CCCN(C)C(=O)[C@@H]3CCCN3C(=O)[C@H](COC(C)(C)C)N(C)C(=O)[C@H](Cc3ccccc3)N(C)C(=O)[C@H](C)CC(=O)COc3cccc2c3)cc1OC. The number of benzene rings is 3. The average Bonchev–Trinajstić information content (AvgIpc) is 4.06. The molecule has 0 radical (unpaired) electrons. The van der Waals surface area contributed by atoms with Gasteiger partial charge in [-0.2, -0.15) is 0 Å².